The number of alkyl halides is 2. The molecular formula is C9H12Cl2IN3. The van der Waals surface area contributed by atoms with E-state index in [1.807, 2.05) is 6.92 Å². The average molecular weight is 360 g/mol. The Morgan fingerprint density at radius 1 is 1.33 bits per heavy atom. The maximum Gasteiger partial charge on any atom is 0.223 e. The molecule has 0 amide bonds. The molecule has 84 valence electrons. The molecule has 0 spiro atoms. The van der Waals surface area contributed by atoms with Crippen LogP contribution in [0.2, 0.25) is 0 Å². The third-order valence-electron chi connectivity index (χ3n) is 2.19. The normalized spacial score (nSPS) is 11.5. The van der Waals surface area contributed by atoms with E-state index in [1.54, 1.807) is 12.4 Å². The molecule has 1 rings (SSSR count). The zero-order valence-corrected chi connectivity index (χ0v) is 12.0. The number of halogens is 3. The molecule has 1 heterocycles. The molecule has 1 N–H and O–H groups in total. The van der Waals surface area contributed by atoms with E-state index in [2.05, 4.69) is 37.9 Å². The van der Waals surface area contributed by atoms with Crippen molar-refractivity contribution >= 4 is 51.7 Å². The Bertz CT molecular complexity index is 292. The summed E-state index contributed by atoms with van der Waals surface area (Å²) in [7, 11) is 0. The lowest BCUT2D eigenvalue weighted by atomic mass is 10.0. The molecule has 15 heavy (non-hydrogen) atoms. The first kappa shape index (κ1) is 13.3. The maximum absolute atomic E-state index is 5.90. The fraction of sp³-hybridized carbons (Fsp3) is 0.556. The van der Waals surface area contributed by atoms with Crippen LogP contribution in [-0.2, 0) is 0 Å². The van der Waals surface area contributed by atoms with Gasteiger partial charge in [0.15, 0.2) is 0 Å². The molecule has 1 aromatic heterocycles. The zero-order chi connectivity index (χ0) is 11.3. The predicted molar refractivity (Wildman–Crippen MR) is 72.8 cm³/mol. The van der Waals surface area contributed by atoms with Crippen LogP contribution in [0, 0.1) is 3.57 Å². The van der Waals surface area contributed by atoms with Gasteiger partial charge in [0.25, 0.3) is 0 Å². The van der Waals surface area contributed by atoms with Crippen molar-refractivity contribution < 1.29 is 0 Å². The Morgan fingerprint density at radius 3 is 2.27 bits per heavy atom. The van der Waals surface area contributed by atoms with Crippen molar-refractivity contribution in [1.82, 2.24) is 9.97 Å². The van der Waals surface area contributed by atoms with Crippen LogP contribution in [0.15, 0.2) is 12.4 Å². The summed E-state index contributed by atoms with van der Waals surface area (Å²) in [5.41, 5.74) is -0.324. The van der Waals surface area contributed by atoms with E-state index in [-0.39, 0.29) is 5.54 Å². The second-order valence-corrected chi connectivity index (χ2v) is 5.03. The number of anilines is 1. The summed E-state index contributed by atoms with van der Waals surface area (Å²) in [6, 6.07) is 0. The lowest BCUT2D eigenvalue weighted by Gasteiger charge is -2.29. The number of aromatic nitrogens is 2. The van der Waals surface area contributed by atoms with Crippen LogP contribution >= 0.6 is 45.8 Å². The van der Waals surface area contributed by atoms with Crippen molar-refractivity contribution in [3.8, 4) is 0 Å². The number of nitrogens with one attached hydrogen (secondary N) is 1. The molecule has 0 saturated carbocycles. The van der Waals surface area contributed by atoms with Gasteiger partial charge >= 0.3 is 0 Å². The minimum Gasteiger partial charge on any atom is -0.346 e. The molecular weight excluding hydrogens is 348 g/mol. The Morgan fingerprint density at radius 2 is 1.87 bits per heavy atom. The highest BCUT2D eigenvalue weighted by atomic mass is 127. The molecule has 1 aromatic rings. The molecule has 3 nitrogen and oxygen atoms in total. The molecule has 0 aliphatic heterocycles. The zero-order valence-electron chi connectivity index (χ0n) is 8.30. The minimum absolute atomic E-state index is 0.324. The summed E-state index contributed by atoms with van der Waals surface area (Å²) in [5, 5.41) is 3.18. The summed E-state index contributed by atoms with van der Waals surface area (Å²) in [5.74, 6) is 1.43. The van der Waals surface area contributed by atoms with Crippen molar-refractivity contribution in [2.45, 2.75) is 18.9 Å². The first-order valence-electron chi connectivity index (χ1n) is 4.53. The van der Waals surface area contributed by atoms with Crippen molar-refractivity contribution in [2.75, 3.05) is 17.1 Å². The van der Waals surface area contributed by atoms with Crippen LogP contribution < -0.4 is 5.32 Å². The van der Waals surface area contributed by atoms with Crippen LogP contribution in [0.1, 0.15) is 13.3 Å². The molecule has 0 atom stereocenters. The lowest BCUT2D eigenvalue weighted by Crippen LogP contribution is -2.42. The second kappa shape index (κ2) is 6.06. The summed E-state index contributed by atoms with van der Waals surface area (Å²) in [6.07, 6.45) is 4.33. The Hall–Kier alpha value is 0.190. The molecule has 0 bridgehead atoms. The smallest absolute Gasteiger partial charge is 0.223 e. The highest BCUT2D eigenvalue weighted by molar-refractivity contribution is 14.1. The second-order valence-electron chi connectivity index (χ2n) is 3.25. The van der Waals surface area contributed by atoms with Crippen LogP contribution in [0.25, 0.3) is 0 Å². The largest absolute Gasteiger partial charge is 0.346 e. The van der Waals surface area contributed by atoms with Gasteiger partial charge in [-0.05, 0) is 29.0 Å². The van der Waals surface area contributed by atoms with Gasteiger partial charge in [-0.1, -0.05) is 6.92 Å². The fourth-order valence-electron chi connectivity index (χ4n) is 0.994. The van der Waals surface area contributed by atoms with E-state index in [0.29, 0.717) is 17.7 Å². The van der Waals surface area contributed by atoms with Crippen LogP contribution in [-0.4, -0.2) is 27.3 Å². The SMILES string of the molecule is CCC(CCl)(CCl)Nc1ncc(I)cn1. The van der Waals surface area contributed by atoms with Crippen molar-refractivity contribution in [3.05, 3.63) is 16.0 Å². The monoisotopic (exact) mass is 359 g/mol. The summed E-state index contributed by atoms with van der Waals surface area (Å²) in [6.45, 7) is 2.03. The number of nitrogens with zero attached hydrogens (tertiary/aromatic N) is 2. The molecule has 0 fully saturated rings. The third-order valence-corrected chi connectivity index (χ3v) is 3.77. The van der Waals surface area contributed by atoms with Crippen LogP contribution in [0.3, 0.4) is 0 Å². The van der Waals surface area contributed by atoms with Gasteiger partial charge in [0.1, 0.15) is 0 Å². The van der Waals surface area contributed by atoms with Gasteiger partial charge in [0.2, 0.25) is 5.95 Å². The first-order valence-corrected chi connectivity index (χ1v) is 6.68. The number of rotatable bonds is 5. The minimum atomic E-state index is -0.324. The first-order chi connectivity index (χ1) is 7.15. The molecule has 0 aliphatic carbocycles. The third kappa shape index (κ3) is 3.60. The van der Waals surface area contributed by atoms with Crippen molar-refractivity contribution in [1.29, 1.82) is 0 Å². The van der Waals surface area contributed by atoms with E-state index in [1.165, 1.54) is 0 Å². The van der Waals surface area contributed by atoms with Gasteiger partial charge < -0.3 is 5.32 Å². The topological polar surface area (TPSA) is 37.8 Å². The summed E-state index contributed by atoms with van der Waals surface area (Å²) >= 11 is 14.0. The Labute approximate surface area is 113 Å². The number of hydrogen-bond acceptors (Lipinski definition) is 3. The molecule has 6 heteroatoms. The predicted octanol–water partition coefficient (Wildman–Crippen LogP) is 3.12. The quantitative estimate of drug-likeness (QED) is 0.648. The summed E-state index contributed by atoms with van der Waals surface area (Å²) < 4.78 is 0.997. The molecule has 0 aliphatic rings. The average Bonchev–Trinajstić information content (AvgIpc) is 2.29. The lowest BCUT2D eigenvalue weighted by molar-refractivity contribution is 0.555. The highest BCUT2D eigenvalue weighted by Crippen LogP contribution is 2.19. The maximum atomic E-state index is 5.90. The van der Waals surface area contributed by atoms with E-state index in [0.717, 1.165) is 9.99 Å². The number of hydrogen-bond donors (Lipinski definition) is 1. The van der Waals surface area contributed by atoms with Gasteiger partial charge in [-0.2, -0.15) is 0 Å². The fourth-order valence-corrected chi connectivity index (χ4v) is 2.07. The van der Waals surface area contributed by atoms with E-state index < -0.39 is 0 Å². The van der Waals surface area contributed by atoms with E-state index in [4.69, 9.17) is 23.2 Å². The highest BCUT2D eigenvalue weighted by Gasteiger charge is 2.26. The van der Waals surface area contributed by atoms with E-state index in [9.17, 15) is 0 Å². The van der Waals surface area contributed by atoms with Crippen molar-refractivity contribution in [3.63, 3.8) is 0 Å². The van der Waals surface area contributed by atoms with Gasteiger partial charge in [-0.3, -0.25) is 0 Å². The standard InChI is InChI=1S/C9H12Cl2IN3/c1-2-9(5-10,6-11)15-8-13-3-7(12)4-14-8/h3-4H,2,5-6H2,1H3,(H,13,14,15). The van der Waals surface area contributed by atoms with Gasteiger partial charge in [-0.25, -0.2) is 9.97 Å². The molecule has 0 unspecified atom stereocenters. The molecule has 0 aromatic carbocycles. The van der Waals surface area contributed by atoms with Gasteiger partial charge in [0, 0.05) is 27.7 Å². The Kier molecular flexibility index (Phi) is 5.35. The molecule has 0 saturated heterocycles. The molecule has 0 radical (unpaired) electrons. The summed E-state index contributed by atoms with van der Waals surface area (Å²) in [4.78, 5) is 8.32. The van der Waals surface area contributed by atoms with Crippen LogP contribution in [0.5, 0.6) is 0 Å². The van der Waals surface area contributed by atoms with E-state index >= 15 is 0 Å². The van der Waals surface area contributed by atoms with Crippen molar-refractivity contribution in [2.24, 2.45) is 0 Å². The van der Waals surface area contributed by atoms with Gasteiger partial charge in [-0.15, -0.1) is 23.2 Å². The van der Waals surface area contributed by atoms with Crippen LogP contribution in [0.4, 0.5) is 5.95 Å². The Balaban J connectivity index is 2.78. The van der Waals surface area contributed by atoms with Gasteiger partial charge in [0.05, 0.1) is 5.54 Å².